The number of hydrogen-bond donors (Lipinski definition) is 0. The molecule has 0 spiro atoms. The highest BCUT2D eigenvalue weighted by Gasteiger charge is 2.31. The van der Waals surface area contributed by atoms with E-state index in [1.807, 2.05) is 0 Å². The van der Waals surface area contributed by atoms with Gasteiger partial charge in [0, 0.05) is 31.7 Å². The Hall–Kier alpha value is -2.31. The summed E-state index contributed by atoms with van der Waals surface area (Å²) >= 11 is 0. The van der Waals surface area contributed by atoms with Gasteiger partial charge in [-0.15, -0.1) is 0 Å². The molecule has 1 fully saturated rings. The van der Waals surface area contributed by atoms with Crippen molar-refractivity contribution in [2.24, 2.45) is 0 Å². The van der Waals surface area contributed by atoms with E-state index in [-0.39, 0.29) is 24.6 Å². The predicted molar refractivity (Wildman–Crippen MR) is 74.1 cm³/mol. The quantitative estimate of drug-likeness (QED) is 0.785. The van der Waals surface area contributed by atoms with Crippen LogP contribution in [0.25, 0.3) is 0 Å². The summed E-state index contributed by atoms with van der Waals surface area (Å²) in [4.78, 5) is 26.7. The lowest BCUT2D eigenvalue weighted by molar-refractivity contribution is -0.137. The molecule has 0 bridgehead atoms. The fourth-order valence-electron chi connectivity index (χ4n) is 2.27. The van der Waals surface area contributed by atoms with E-state index in [4.69, 9.17) is 0 Å². The van der Waals surface area contributed by atoms with Crippen LogP contribution in [0.3, 0.4) is 0 Å². The average Bonchev–Trinajstić information content (AvgIpc) is 2.53. The van der Waals surface area contributed by atoms with Crippen molar-refractivity contribution >= 4 is 11.8 Å². The number of hydrogen-bond acceptors (Lipinski definition) is 2. The number of rotatable bonds is 2. The van der Waals surface area contributed by atoms with Crippen LogP contribution in [0.1, 0.15) is 15.9 Å². The third-order valence-electron chi connectivity index (χ3n) is 3.49. The van der Waals surface area contributed by atoms with Crippen LogP contribution < -0.4 is 0 Å². The van der Waals surface area contributed by atoms with Gasteiger partial charge in [-0.25, -0.2) is 0 Å². The largest absolute Gasteiger partial charge is 0.416 e. The fraction of sp³-hybridized carbons (Fsp3) is 0.333. The Labute approximate surface area is 125 Å². The van der Waals surface area contributed by atoms with Crippen molar-refractivity contribution in [3.8, 4) is 0 Å². The van der Waals surface area contributed by atoms with Gasteiger partial charge in [0.15, 0.2) is 0 Å². The van der Waals surface area contributed by atoms with E-state index in [1.165, 1.54) is 23.1 Å². The first-order valence-electron chi connectivity index (χ1n) is 6.71. The van der Waals surface area contributed by atoms with Crippen LogP contribution in [-0.2, 0) is 11.0 Å². The molecule has 2 amide bonds. The van der Waals surface area contributed by atoms with Crippen molar-refractivity contribution in [3.63, 3.8) is 0 Å². The first kappa shape index (κ1) is 16.1. The lowest BCUT2D eigenvalue weighted by Gasteiger charge is -2.34. The van der Waals surface area contributed by atoms with Crippen molar-refractivity contribution in [1.29, 1.82) is 0 Å². The van der Waals surface area contributed by atoms with Crippen LogP contribution in [0.2, 0.25) is 0 Å². The van der Waals surface area contributed by atoms with Crippen LogP contribution in [0.15, 0.2) is 36.9 Å². The summed E-state index contributed by atoms with van der Waals surface area (Å²) in [6.07, 6.45) is -3.28. The molecular weight excluding hydrogens is 297 g/mol. The van der Waals surface area contributed by atoms with Crippen molar-refractivity contribution in [2.45, 2.75) is 6.18 Å². The topological polar surface area (TPSA) is 40.6 Å². The molecular formula is C15H15F3N2O2. The lowest BCUT2D eigenvalue weighted by atomic mass is 10.1. The second kappa shape index (κ2) is 6.21. The number of amides is 2. The molecule has 1 saturated heterocycles. The molecule has 4 nitrogen and oxygen atoms in total. The third kappa shape index (κ3) is 3.47. The molecule has 7 heteroatoms. The summed E-state index contributed by atoms with van der Waals surface area (Å²) in [6.45, 7) is 4.65. The van der Waals surface area contributed by atoms with Crippen LogP contribution in [0, 0.1) is 0 Å². The predicted octanol–water partition coefficient (Wildman–Crippen LogP) is 2.18. The van der Waals surface area contributed by atoms with Crippen molar-refractivity contribution in [3.05, 3.63) is 48.0 Å². The van der Waals surface area contributed by atoms with Gasteiger partial charge in [-0.1, -0.05) is 12.6 Å². The summed E-state index contributed by atoms with van der Waals surface area (Å²) < 4.78 is 38.0. The van der Waals surface area contributed by atoms with Gasteiger partial charge < -0.3 is 9.80 Å². The molecule has 0 N–H and O–H groups in total. The maximum atomic E-state index is 12.7. The highest BCUT2D eigenvalue weighted by atomic mass is 19.4. The zero-order valence-electron chi connectivity index (χ0n) is 11.8. The minimum Gasteiger partial charge on any atom is -0.336 e. The zero-order chi connectivity index (χ0) is 16.3. The molecule has 0 aromatic heterocycles. The number of alkyl halides is 3. The monoisotopic (exact) mass is 312 g/mol. The van der Waals surface area contributed by atoms with E-state index in [0.29, 0.717) is 13.1 Å². The number of halogens is 3. The molecule has 1 aromatic rings. The second-order valence-corrected chi connectivity index (χ2v) is 4.90. The molecule has 0 radical (unpaired) electrons. The standard InChI is InChI=1S/C15H15F3N2O2/c1-2-13(21)19-6-8-20(9-7-19)14(22)11-4-3-5-12(10-11)15(16,17)18/h2-5,10H,1,6-9H2. The van der Waals surface area contributed by atoms with Gasteiger partial charge in [-0.3, -0.25) is 9.59 Å². The van der Waals surface area contributed by atoms with Gasteiger partial charge in [0.05, 0.1) is 5.56 Å². The number of nitrogens with zero attached hydrogens (tertiary/aromatic N) is 2. The number of benzene rings is 1. The van der Waals surface area contributed by atoms with Crippen molar-refractivity contribution in [2.75, 3.05) is 26.2 Å². The van der Waals surface area contributed by atoms with Crippen molar-refractivity contribution < 1.29 is 22.8 Å². The molecule has 0 aliphatic carbocycles. The zero-order valence-corrected chi connectivity index (χ0v) is 11.8. The molecule has 0 unspecified atom stereocenters. The second-order valence-electron chi connectivity index (χ2n) is 4.90. The van der Waals surface area contributed by atoms with Gasteiger partial charge >= 0.3 is 6.18 Å². The molecule has 0 saturated carbocycles. The Morgan fingerprint density at radius 1 is 1.09 bits per heavy atom. The maximum Gasteiger partial charge on any atom is 0.416 e. The lowest BCUT2D eigenvalue weighted by Crippen LogP contribution is -2.50. The average molecular weight is 312 g/mol. The Morgan fingerprint density at radius 2 is 1.68 bits per heavy atom. The van der Waals surface area contributed by atoms with Crippen LogP contribution in [0.5, 0.6) is 0 Å². The molecule has 0 atom stereocenters. The van der Waals surface area contributed by atoms with Crippen LogP contribution >= 0.6 is 0 Å². The van der Waals surface area contributed by atoms with Gasteiger partial charge in [0.2, 0.25) is 5.91 Å². The fourth-order valence-corrected chi connectivity index (χ4v) is 2.27. The van der Waals surface area contributed by atoms with Crippen LogP contribution in [-0.4, -0.2) is 47.8 Å². The Bertz CT molecular complexity index is 591. The van der Waals surface area contributed by atoms with E-state index in [9.17, 15) is 22.8 Å². The summed E-state index contributed by atoms with van der Waals surface area (Å²) in [6, 6.07) is 4.35. The van der Waals surface area contributed by atoms with E-state index >= 15 is 0 Å². The number of carbonyl (C=O) groups is 2. The Morgan fingerprint density at radius 3 is 2.23 bits per heavy atom. The summed E-state index contributed by atoms with van der Waals surface area (Å²) in [5.41, 5.74) is -0.850. The first-order valence-corrected chi connectivity index (χ1v) is 6.71. The van der Waals surface area contributed by atoms with Gasteiger partial charge in [-0.05, 0) is 24.3 Å². The van der Waals surface area contributed by atoms with Gasteiger partial charge in [0.25, 0.3) is 5.91 Å². The Kier molecular flexibility index (Phi) is 4.54. The molecule has 118 valence electrons. The number of piperazine rings is 1. The van der Waals surface area contributed by atoms with Gasteiger partial charge in [-0.2, -0.15) is 13.2 Å². The highest BCUT2D eigenvalue weighted by molar-refractivity contribution is 5.94. The van der Waals surface area contributed by atoms with E-state index < -0.39 is 17.6 Å². The maximum absolute atomic E-state index is 12.7. The van der Waals surface area contributed by atoms with Crippen molar-refractivity contribution in [1.82, 2.24) is 9.80 Å². The minimum absolute atomic E-state index is 0.00155. The molecule has 1 aliphatic rings. The molecule has 1 aliphatic heterocycles. The highest BCUT2D eigenvalue weighted by Crippen LogP contribution is 2.29. The summed E-state index contributed by atoms with van der Waals surface area (Å²) in [5, 5.41) is 0. The molecule has 22 heavy (non-hydrogen) atoms. The number of carbonyl (C=O) groups excluding carboxylic acids is 2. The molecule has 1 aromatic carbocycles. The minimum atomic E-state index is -4.48. The van der Waals surface area contributed by atoms with E-state index in [1.54, 1.807) is 4.90 Å². The summed E-state index contributed by atoms with van der Waals surface area (Å²) in [5.74, 6) is -0.678. The molecule has 1 heterocycles. The third-order valence-corrected chi connectivity index (χ3v) is 3.49. The smallest absolute Gasteiger partial charge is 0.336 e. The van der Waals surface area contributed by atoms with Crippen LogP contribution in [0.4, 0.5) is 13.2 Å². The SMILES string of the molecule is C=CC(=O)N1CCN(C(=O)c2cccc(C(F)(F)F)c2)CC1. The first-order chi connectivity index (χ1) is 10.3. The Balaban J connectivity index is 2.07. The van der Waals surface area contributed by atoms with Gasteiger partial charge in [0.1, 0.15) is 0 Å². The van der Waals surface area contributed by atoms with E-state index in [2.05, 4.69) is 6.58 Å². The molecule has 2 rings (SSSR count). The summed E-state index contributed by atoms with van der Waals surface area (Å²) in [7, 11) is 0. The normalized spacial score (nSPS) is 15.6. The van der Waals surface area contributed by atoms with E-state index in [0.717, 1.165) is 12.1 Å².